The molecule has 2 aromatic carbocycles. The van der Waals surface area contributed by atoms with E-state index in [0.717, 1.165) is 0 Å². The van der Waals surface area contributed by atoms with E-state index < -0.39 is 28.0 Å². The topological polar surface area (TPSA) is 100 Å². The van der Waals surface area contributed by atoms with Crippen molar-refractivity contribution >= 4 is 16.2 Å². The molecule has 29 heavy (non-hydrogen) atoms. The van der Waals surface area contributed by atoms with Gasteiger partial charge in [-0.3, -0.25) is 5.32 Å². The molecule has 160 valence electrons. The van der Waals surface area contributed by atoms with E-state index in [4.69, 9.17) is 9.62 Å². The highest BCUT2D eigenvalue weighted by Crippen LogP contribution is 2.20. The molecule has 2 aromatic rings. The second-order valence-electron chi connectivity index (χ2n) is 6.78. The highest BCUT2D eigenvalue weighted by Gasteiger charge is 2.25. The molecule has 1 unspecified atom stereocenters. The largest absolute Gasteiger partial charge is 0.444 e. The van der Waals surface area contributed by atoms with E-state index in [0.29, 0.717) is 5.56 Å². The van der Waals surface area contributed by atoms with Crippen molar-refractivity contribution in [1.29, 1.82) is 0 Å². The van der Waals surface area contributed by atoms with Gasteiger partial charge in [-0.15, -0.1) is 4.33 Å². The van der Waals surface area contributed by atoms with Crippen molar-refractivity contribution in [3.05, 3.63) is 66.2 Å². The summed E-state index contributed by atoms with van der Waals surface area (Å²) in [5.74, 6) is 0. The smallest absolute Gasteiger partial charge is 0.410 e. The Morgan fingerprint density at radius 1 is 0.931 bits per heavy atom. The quantitative estimate of drug-likeness (QED) is 0.427. The van der Waals surface area contributed by atoms with Crippen molar-refractivity contribution in [3.8, 4) is 0 Å². The van der Waals surface area contributed by atoms with Gasteiger partial charge in [-0.1, -0.05) is 48.5 Å². The molecule has 0 saturated carbocycles. The van der Waals surface area contributed by atoms with Crippen LogP contribution in [0.1, 0.15) is 32.6 Å². The number of amides is 1. The maximum absolute atomic E-state index is 12.2. The first-order valence-electron chi connectivity index (χ1n) is 8.68. The second-order valence-corrected chi connectivity index (χ2v) is 8.29. The average Bonchev–Trinajstić information content (AvgIpc) is 2.66. The minimum Gasteiger partial charge on any atom is -0.444 e. The van der Waals surface area contributed by atoms with Gasteiger partial charge >= 0.3 is 16.2 Å². The van der Waals surface area contributed by atoms with Crippen LogP contribution in [0, 0.1) is 0 Å². The highest BCUT2D eigenvalue weighted by molar-refractivity contribution is 7.86. The molecule has 0 bridgehead atoms. The van der Waals surface area contributed by atoms with Crippen LogP contribution < -0.4 is 5.32 Å². The Bertz CT molecular complexity index is 834. The lowest BCUT2D eigenvalue weighted by Crippen LogP contribution is -2.36. The van der Waals surface area contributed by atoms with Crippen LogP contribution in [0.25, 0.3) is 0 Å². The van der Waals surface area contributed by atoms with Gasteiger partial charge in [-0.2, -0.15) is 13.3 Å². The Kier molecular flexibility index (Phi) is 9.76. The summed E-state index contributed by atoms with van der Waals surface area (Å²) in [6, 6.07) is 16.1. The van der Waals surface area contributed by atoms with Crippen LogP contribution in [0.5, 0.6) is 0 Å². The van der Waals surface area contributed by atoms with Crippen LogP contribution in [0.3, 0.4) is 0 Å². The van der Waals surface area contributed by atoms with Gasteiger partial charge in [0.1, 0.15) is 5.60 Å². The second kappa shape index (κ2) is 11.5. The molecule has 0 aliphatic carbocycles. The number of carbonyl (C=O) groups is 1. The van der Waals surface area contributed by atoms with Crippen LogP contribution >= 0.6 is 0 Å². The van der Waals surface area contributed by atoms with Crippen LogP contribution in [-0.2, 0) is 28.8 Å². The summed E-state index contributed by atoms with van der Waals surface area (Å²) in [4.78, 5) is 17.0. The summed E-state index contributed by atoms with van der Waals surface area (Å²) in [6.45, 7) is 5.13. The van der Waals surface area contributed by atoms with Crippen LogP contribution in [-0.4, -0.2) is 34.3 Å². The summed E-state index contributed by atoms with van der Waals surface area (Å²) in [6.07, 6.45) is -1.95. The van der Waals surface area contributed by atoms with E-state index in [1.165, 1.54) is 12.1 Å². The lowest BCUT2D eigenvalue weighted by Gasteiger charge is -2.23. The summed E-state index contributed by atoms with van der Waals surface area (Å²) in [5, 5.41) is 2.44. The molecule has 0 saturated heterocycles. The summed E-state index contributed by atoms with van der Waals surface area (Å²) in [5.41, 5.74) is -0.232. The summed E-state index contributed by atoms with van der Waals surface area (Å²) < 4.78 is 38.5. The molecule has 1 amide bonds. The molecule has 0 radical (unpaired) electrons. The number of ether oxygens (including phenoxy) is 2. The van der Waals surface area contributed by atoms with Gasteiger partial charge in [0, 0.05) is 19.8 Å². The number of carbonyl (C=O) groups excluding carboxylic acids is 1. The zero-order valence-electron chi connectivity index (χ0n) is 17.1. The number of alkyl carbamates (subject to hydrolysis) is 1. The fourth-order valence-electron chi connectivity index (χ4n) is 1.92. The van der Waals surface area contributed by atoms with E-state index in [9.17, 15) is 13.2 Å². The molecule has 2 rings (SSSR count). The van der Waals surface area contributed by atoms with Crippen LogP contribution in [0.4, 0.5) is 4.79 Å². The minimum atomic E-state index is -4.15. The Labute approximate surface area is 171 Å². The number of benzene rings is 2. The predicted octanol–water partition coefficient (Wildman–Crippen LogP) is 3.81. The third kappa shape index (κ3) is 9.53. The minimum absolute atomic E-state index is 0.0657. The molecule has 0 aromatic heterocycles. The van der Waals surface area contributed by atoms with E-state index in [2.05, 4.69) is 14.4 Å². The van der Waals surface area contributed by atoms with Crippen molar-refractivity contribution in [2.75, 3.05) is 14.2 Å². The molecule has 1 N–H and O–H groups in total. The number of hydrogen-bond acceptors (Lipinski definition) is 7. The zero-order chi connectivity index (χ0) is 21.9. The number of methoxy groups -OCH3 is 1. The highest BCUT2D eigenvalue weighted by atomic mass is 32.2. The first kappa shape index (κ1) is 24.6. The molecule has 0 spiro atoms. The van der Waals surface area contributed by atoms with Gasteiger partial charge in [0.2, 0.25) is 0 Å². The Hall–Kier alpha value is -2.46. The first-order chi connectivity index (χ1) is 13.6. The zero-order valence-corrected chi connectivity index (χ0v) is 17.9. The molecule has 9 heteroatoms. The maximum atomic E-state index is 12.2. The van der Waals surface area contributed by atoms with Crippen LogP contribution in [0.15, 0.2) is 65.6 Å². The number of rotatable bonds is 6. The Morgan fingerprint density at radius 3 is 1.90 bits per heavy atom. The lowest BCUT2D eigenvalue weighted by atomic mass is 10.2. The monoisotopic (exact) mass is 425 g/mol. The van der Waals surface area contributed by atoms with E-state index in [-0.39, 0.29) is 4.90 Å². The predicted molar refractivity (Wildman–Crippen MR) is 107 cm³/mol. The fourth-order valence-corrected chi connectivity index (χ4v) is 2.67. The average molecular weight is 426 g/mol. The van der Waals surface area contributed by atoms with Crippen molar-refractivity contribution in [3.63, 3.8) is 0 Å². The van der Waals surface area contributed by atoms with Gasteiger partial charge < -0.3 is 9.47 Å². The number of nitrogens with one attached hydrogen (secondary N) is 1. The summed E-state index contributed by atoms with van der Waals surface area (Å²) >= 11 is 0. The third-order valence-corrected chi connectivity index (χ3v) is 4.11. The van der Waals surface area contributed by atoms with Crippen molar-refractivity contribution in [2.24, 2.45) is 0 Å². The number of hydrogen-bond donors (Lipinski definition) is 1. The van der Waals surface area contributed by atoms with E-state index in [1.807, 2.05) is 0 Å². The normalized spacial score (nSPS) is 12.3. The summed E-state index contributed by atoms with van der Waals surface area (Å²) in [7, 11) is -0.899. The molecule has 8 nitrogen and oxygen atoms in total. The van der Waals surface area contributed by atoms with Gasteiger partial charge in [0.25, 0.3) is 0 Å². The molecular formula is C20H27NO7S. The molecule has 0 aliphatic rings. The Balaban J connectivity index is 0.00000132. The van der Waals surface area contributed by atoms with Crippen LogP contribution in [0.2, 0.25) is 0 Å². The van der Waals surface area contributed by atoms with E-state index >= 15 is 0 Å². The molecular weight excluding hydrogens is 398 g/mol. The SMILES string of the molecule is CC(C)(C)OC(=O)NC(OOS(=O)(=O)c1ccccc1)c1ccccc1.COC. The van der Waals surface area contributed by atoms with Gasteiger partial charge in [-0.05, 0) is 32.9 Å². The molecule has 0 fully saturated rings. The van der Waals surface area contributed by atoms with Gasteiger partial charge in [0.15, 0.2) is 6.23 Å². The first-order valence-corrected chi connectivity index (χ1v) is 10.1. The van der Waals surface area contributed by atoms with Gasteiger partial charge in [-0.25, -0.2) is 4.79 Å². The molecule has 1 atom stereocenters. The van der Waals surface area contributed by atoms with Crippen molar-refractivity contribution < 1.29 is 31.9 Å². The van der Waals surface area contributed by atoms with Crippen molar-refractivity contribution in [2.45, 2.75) is 37.5 Å². The molecule has 0 heterocycles. The maximum Gasteiger partial charge on any atom is 0.410 e. The third-order valence-electron chi connectivity index (χ3n) is 3.01. The fraction of sp³-hybridized carbons (Fsp3) is 0.350. The van der Waals surface area contributed by atoms with Gasteiger partial charge in [0.05, 0.1) is 4.90 Å². The molecule has 0 aliphatic heterocycles. The standard InChI is InChI=1S/C18H21NO6S.C2H6O/c1-18(2,3)23-17(20)19-16(14-10-6-4-7-11-14)24-25-26(21,22)15-12-8-5-9-13-15;1-3-2/h4-13,16H,1-3H3,(H,19,20);1-2H3. The Morgan fingerprint density at radius 2 is 1.41 bits per heavy atom. The van der Waals surface area contributed by atoms with E-state index in [1.54, 1.807) is 83.5 Å². The van der Waals surface area contributed by atoms with Crippen molar-refractivity contribution in [1.82, 2.24) is 5.32 Å². The lowest BCUT2D eigenvalue weighted by molar-refractivity contribution is -0.250.